The van der Waals surface area contributed by atoms with Gasteiger partial charge >= 0.3 is 0 Å². The second kappa shape index (κ2) is 9.39. The van der Waals surface area contributed by atoms with Crippen LogP contribution in [0.4, 0.5) is 0 Å². The van der Waals surface area contributed by atoms with Crippen LogP contribution in [0.1, 0.15) is 46.0 Å². The second-order valence-corrected chi connectivity index (χ2v) is 5.44. The fourth-order valence-electron chi connectivity index (χ4n) is 2.97. The largest absolute Gasteiger partial charge is 0.397 e. The summed E-state index contributed by atoms with van der Waals surface area (Å²) >= 11 is 0. The average Bonchev–Trinajstić information content (AvgIpc) is 2.84. The van der Waals surface area contributed by atoms with Crippen molar-refractivity contribution in [2.45, 2.75) is 69.9 Å². The minimum Gasteiger partial charge on any atom is -0.397 e. The standard InChI is InChI=1S/C14H22O4.C2H6O/c1-2-4-11-6-7-13-14(10-16,18-11)9-12(17-13)5-3-8-15;1-2-3/h11-13,15-16H,2,4,6-10H2,1H3;3H,2H2,1H3/t11-,12-,13-,14+;/m0./s1. The first kappa shape index (κ1) is 18.4. The van der Waals surface area contributed by atoms with Gasteiger partial charge in [-0.3, -0.25) is 0 Å². The number of fused-ring (bicyclic) bond motifs is 1. The molecule has 122 valence electrons. The lowest BCUT2D eigenvalue weighted by Gasteiger charge is -2.40. The van der Waals surface area contributed by atoms with Gasteiger partial charge in [-0.25, -0.2) is 0 Å². The minimum absolute atomic E-state index is 0.0187. The van der Waals surface area contributed by atoms with Crippen molar-refractivity contribution in [3.63, 3.8) is 0 Å². The van der Waals surface area contributed by atoms with Gasteiger partial charge in [0.25, 0.3) is 0 Å². The van der Waals surface area contributed by atoms with E-state index in [0.717, 1.165) is 25.7 Å². The first-order chi connectivity index (χ1) is 10.2. The summed E-state index contributed by atoms with van der Waals surface area (Å²) < 4.78 is 11.9. The molecule has 0 radical (unpaired) electrons. The molecule has 0 aromatic carbocycles. The summed E-state index contributed by atoms with van der Waals surface area (Å²) in [5, 5.41) is 26.0. The Bertz CT molecular complexity index is 348. The van der Waals surface area contributed by atoms with Gasteiger partial charge in [0.1, 0.15) is 18.3 Å². The third kappa shape index (κ3) is 4.94. The number of ether oxygens (including phenoxy) is 2. The molecule has 3 N–H and O–H groups in total. The SMILES string of the molecule is CCC[C@H]1CC[C@@H]2O[C@@H](C#CCO)C[C@]2(CO)O1.CCO. The average molecular weight is 300 g/mol. The number of aliphatic hydroxyl groups is 3. The molecule has 0 aromatic heterocycles. The number of hydrogen-bond acceptors (Lipinski definition) is 5. The van der Waals surface area contributed by atoms with Gasteiger partial charge in [-0.15, -0.1) is 0 Å². The van der Waals surface area contributed by atoms with E-state index in [4.69, 9.17) is 19.7 Å². The normalized spacial score (nSPS) is 34.2. The van der Waals surface area contributed by atoms with Crippen molar-refractivity contribution >= 4 is 0 Å². The predicted molar refractivity (Wildman–Crippen MR) is 79.7 cm³/mol. The molecule has 2 heterocycles. The van der Waals surface area contributed by atoms with Gasteiger partial charge in [-0.1, -0.05) is 25.2 Å². The predicted octanol–water partition coefficient (Wildman–Crippen LogP) is 0.848. The van der Waals surface area contributed by atoms with E-state index >= 15 is 0 Å². The molecule has 0 unspecified atom stereocenters. The van der Waals surface area contributed by atoms with Crippen LogP contribution in [0, 0.1) is 11.8 Å². The van der Waals surface area contributed by atoms with Gasteiger partial charge in [-0.2, -0.15) is 0 Å². The summed E-state index contributed by atoms with van der Waals surface area (Å²) in [5.41, 5.74) is -0.576. The fourth-order valence-corrected chi connectivity index (χ4v) is 2.97. The molecule has 2 fully saturated rings. The van der Waals surface area contributed by atoms with Gasteiger partial charge in [0.2, 0.25) is 0 Å². The zero-order valence-electron chi connectivity index (χ0n) is 13.0. The molecule has 0 bridgehead atoms. The van der Waals surface area contributed by atoms with E-state index < -0.39 is 5.60 Å². The van der Waals surface area contributed by atoms with Crippen LogP contribution in [0.15, 0.2) is 0 Å². The Morgan fingerprint density at radius 2 is 1.90 bits per heavy atom. The summed E-state index contributed by atoms with van der Waals surface area (Å²) in [5.74, 6) is 5.50. The van der Waals surface area contributed by atoms with E-state index in [1.807, 2.05) is 0 Å². The molecular formula is C16H28O5. The van der Waals surface area contributed by atoms with Gasteiger partial charge in [-0.05, 0) is 26.2 Å². The van der Waals surface area contributed by atoms with Crippen LogP contribution in [0.25, 0.3) is 0 Å². The maximum absolute atomic E-state index is 9.68. The summed E-state index contributed by atoms with van der Waals surface area (Å²) in [7, 11) is 0. The fraction of sp³-hybridized carbons (Fsp3) is 0.875. The zero-order chi connectivity index (χ0) is 15.7. The van der Waals surface area contributed by atoms with Crippen LogP contribution in [0.2, 0.25) is 0 Å². The van der Waals surface area contributed by atoms with Gasteiger partial charge in [0.05, 0.1) is 18.8 Å². The molecule has 2 aliphatic heterocycles. The lowest BCUT2D eigenvalue weighted by Crippen LogP contribution is -2.51. The van der Waals surface area contributed by atoms with E-state index in [2.05, 4.69) is 18.8 Å². The molecule has 0 amide bonds. The highest BCUT2D eigenvalue weighted by molar-refractivity contribution is 5.13. The van der Waals surface area contributed by atoms with Crippen molar-refractivity contribution in [3.05, 3.63) is 0 Å². The number of aliphatic hydroxyl groups excluding tert-OH is 3. The number of rotatable bonds is 3. The van der Waals surface area contributed by atoms with Crippen LogP contribution in [0.3, 0.4) is 0 Å². The molecule has 21 heavy (non-hydrogen) atoms. The minimum atomic E-state index is -0.576. The Balaban J connectivity index is 0.000000677. The first-order valence-electron chi connectivity index (χ1n) is 7.80. The second-order valence-electron chi connectivity index (χ2n) is 5.44. The van der Waals surface area contributed by atoms with E-state index in [9.17, 15) is 5.11 Å². The Labute approximate surface area is 127 Å². The molecule has 2 rings (SSSR count). The number of hydrogen-bond donors (Lipinski definition) is 3. The molecule has 0 saturated carbocycles. The monoisotopic (exact) mass is 300 g/mol. The molecule has 2 saturated heterocycles. The highest BCUT2D eigenvalue weighted by atomic mass is 16.6. The molecule has 2 aliphatic rings. The van der Waals surface area contributed by atoms with Gasteiger partial charge < -0.3 is 24.8 Å². The van der Waals surface area contributed by atoms with Crippen LogP contribution in [-0.2, 0) is 9.47 Å². The quantitative estimate of drug-likeness (QED) is 0.673. The van der Waals surface area contributed by atoms with Crippen LogP contribution in [0.5, 0.6) is 0 Å². The summed E-state index contributed by atoms with van der Waals surface area (Å²) in [6.07, 6.45) is 4.56. The summed E-state index contributed by atoms with van der Waals surface area (Å²) in [6, 6.07) is 0. The molecule has 0 spiro atoms. The molecular weight excluding hydrogens is 272 g/mol. The van der Waals surface area contributed by atoms with Gasteiger partial charge in [0, 0.05) is 13.0 Å². The Kier molecular flexibility index (Phi) is 8.23. The zero-order valence-corrected chi connectivity index (χ0v) is 13.0. The first-order valence-corrected chi connectivity index (χ1v) is 7.80. The van der Waals surface area contributed by atoms with Crippen LogP contribution >= 0.6 is 0 Å². The molecule has 5 nitrogen and oxygen atoms in total. The molecule has 5 heteroatoms. The van der Waals surface area contributed by atoms with Crippen molar-refractivity contribution in [2.75, 3.05) is 19.8 Å². The Hall–Kier alpha value is -0.640. The van der Waals surface area contributed by atoms with Crippen molar-refractivity contribution in [2.24, 2.45) is 0 Å². The molecule has 4 atom stereocenters. The van der Waals surface area contributed by atoms with Crippen LogP contribution in [-0.4, -0.2) is 59.1 Å². The Morgan fingerprint density at radius 1 is 1.19 bits per heavy atom. The maximum Gasteiger partial charge on any atom is 0.121 e. The third-order valence-electron chi connectivity index (χ3n) is 3.82. The highest BCUT2D eigenvalue weighted by Crippen LogP contribution is 2.42. The Morgan fingerprint density at radius 3 is 2.48 bits per heavy atom. The van der Waals surface area contributed by atoms with Crippen molar-refractivity contribution in [1.82, 2.24) is 0 Å². The van der Waals surface area contributed by atoms with Crippen molar-refractivity contribution < 1.29 is 24.8 Å². The maximum atomic E-state index is 9.68. The molecule has 0 aromatic rings. The highest BCUT2D eigenvalue weighted by Gasteiger charge is 2.52. The summed E-state index contributed by atoms with van der Waals surface area (Å²) in [6.45, 7) is 3.90. The van der Waals surface area contributed by atoms with Gasteiger partial charge in [0.15, 0.2) is 0 Å². The molecule has 0 aliphatic carbocycles. The third-order valence-corrected chi connectivity index (χ3v) is 3.82. The van der Waals surface area contributed by atoms with E-state index in [0.29, 0.717) is 6.42 Å². The van der Waals surface area contributed by atoms with Crippen LogP contribution < -0.4 is 0 Å². The lowest BCUT2D eigenvalue weighted by atomic mass is 9.86. The lowest BCUT2D eigenvalue weighted by molar-refractivity contribution is -0.183. The van der Waals surface area contributed by atoms with Crippen molar-refractivity contribution in [3.8, 4) is 11.8 Å². The van der Waals surface area contributed by atoms with E-state index in [1.165, 1.54) is 0 Å². The van der Waals surface area contributed by atoms with Crippen molar-refractivity contribution in [1.29, 1.82) is 0 Å². The van der Waals surface area contributed by atoms with E-state index in [1.54, 1.807) is 6.92 Å². The topological polar surface area (TPSA) is 79.2 Å². The smallest absolute Gasteiger partial charge is 0.121 e. The summed E-state index contributed by atoms with van der Waals surface area (Å²) in [4.78, 5) is 0. The van der Waals surface area contributed by atoms with E-state index in [-0.39, 0.29) is 38.1 Å².